The van der Waals surface area contributed by atoms with Crippen LogP contribution in [0.3, 0.4) is 0 Å². The third-order valence-corrected chi connectivity index (χ3v) is 5.14. The highest BCUT2D eigenvalue weighted by atomic mass is 16.7. The molecule has 4 rings (SSSR count). The van der Waals surface area contributed by atoms with Crippen LogP contribution in [-0.4, -0.2) is 43.2 Å². The van der Waals surface area contributed by atoms with Gasteiger partial charge in [-0.05, 0) is 58.0 Å². The topological polar surface area (TPSA) is 72.1 Å². The lowest BCUT2D eigenvalue weighted by molar-refractivity contribution is 0.173. The number of nitrogens with one attached hydrogen (secondary N) is 1. The first-order valence-corrected chi connectivity index (χ1v) is 9.54. The summed E-state index contributed by atoms with van der Waals surface area (Å²) in [4.78, 5) is 6.96. The molecule has 6 nitrogen and oxygen atoms in total. The minimum atomic E-state index is -0.387. The maximum absolute atomic E-state index is 6.32. The van der Waals surface area contributed by atoms with Crippen molar-refractivity contribution in [3.63, 3.8) is 0 Å². The molecule has 0 saturated carbocycles. The van der Waals surface area contributed by atoms with Crippen molar-refractivity contribution in [1.29, 1.82) is 0 Å². The highest BCUT2D eigenvalue weighted by Gasteiger charge is 2.25. The average Bonchev–Trinajstić information content (AvgIpc) is 2.93. The second-order valence-corrected chi connectivity index (χ2v) is 8.00. The van der Waals surface area contributed by atoms with Gasteiger partial charge in [0, 0.05) is 41.5 Å². The number of anilines is 1. The summed E-state index contributed by atoms with van der Waals surface area (Å²) in [5, 5.41) is 3.46. The Morgan fingerprint density at radius 1 is 1.30 bits per heavy atom. The molecule has 144 valence electrons. The van der Waals surface area contributed by atoms with E-state index in [2.05, 4.69) is 34.4 Å². The lowest BCUT2D eigenvalue weighted by Crippen LogP contribution is -2.40. The van der Waals surface area contributed by atoms with E-state index in [9.17, 15) is 0 Å². The molecule has 0 saturated heterocycles. The van der Waals surface area contributed by atoms with Crippen LogP contribution in [0.5, 0.6) is 11.5 Å². The number of allylic oxidation sites excluding steroid dienone is 2. The Morgan fingerprint density at radius 3 is 2.96 bits per heavy atom. The van der Waals surface area contributed by atoms with E-state index in [1.807, 2.05) is 26.0 Å². The summed E-state index contributed by atoms with van der Waals surface area (Å²) in [6.07, 6.45) is 7.15. The van der Waals surface area contributed by atoms with E-state index in [-0.39, 0.29) is 12.3 Å². The van der Waals surface area contributed by atoms with Gasteiger partial charge in [0.25, 0.3) is 0 Å². The smallest absolute Gasteiger partial charge is 0.231 e. The predicted octanol–water partition coefficient (Wildman–Crippen LogP) is 3.36. The second kappa shape index (κ2) is 7.02. The number of hydrogen-bond acceptors (Lipinski definition) is 6. The molecule has 3 heterocycles. The van der Waals surface area contributed by atoms with E-state index in [1.165, 1.54) is 5.57 Å². The van der Waals surface area contributed by atoms with Gasteiger partial charge in [0.15, 0.2) is 11.5 Å². The van der Waals surface area contributed by atoms with Crippen LogP contribution in [0.25, 0.3) is 5.57 Å². The van der Waals surface area contributed by atoms with Gasteiger partial charge in [0.1, 0.15) is 5.84 Å². The average molecular weight is 368 g/mol. The van der Waals surface area contributed by atoms with Crippen molar-refractivity contribution >= 4 is 17.1 Å². The van der Waals surface area contributed by atoms with Crippen LogP contribution in [0, 0.1) is 0 Å². The molecule has 0 radical (unpaired) electrons. The molecule has 0 amide bonds. The molecule has 6 heteroatoms. The molecule has 3 aliphatic rings. The summed E-state index contributed by atoms with van der Waals surface area (Å²) in [6, 6.07) is 4.13. The molecule has 0 fully saturated rings. The third-order valence-electron chi connectivity index (χ3n) is 5.14. The van der Waals surface area contributed by atoms with Gasteiger partial charge in [-0.25, -0.2) is 4.99 Å². The van der Waals surface area contributed by atoms with Crippen molar-refractivity contribution < 1.29 is 9.47 Å². The number of aliphatic imine (C=N–C) groups is 1. The molecule has 3 aliphatic heterocycles. The van der Waals surface area contributed by atoms with Gasteiger partial charge in [0.05, 0.1) is 0 Å². The van der Waals surface area contributed by atoms with Gasteiger partial charge >= 0.3 is 0 Å². The summed E-state index contributed by atoms with van der Waals surface area (Å²) in [5.74, 6) is 2.51. The van der Waals surface area contributed by atoms with Gasteiger partial charge in [-0.1, -0.05) is 6.08 Å². The van der Waals surface area contributed by atoms with E-state index in [0.717, 1.165) is 60.2 Å². The van der Waals surface area contributed by atoms with Crippen LogP contribution in [0.15, 0.2) is 35.0 Å². The van der Waals surface area contributed by atoms with Crippen molar-refractivity contribution in [3.05, 3.63) is 35.5 Å². The van der Waals surface area contributed by atoms with Crippen molar-refractivity contribution in [1.82, 2.24) is 4.90 Å². The van der Waals surface area contributed by atoms with Crippen LogP contribution in [0.2, 0.25) is 0 Å². The Kier molecular flexibility index (Phi) is 4.70. The van der Waals surface area contributed by atoms with Crippen LogP contribution < -0.4 is 20.5 Å². The Bertz CT molecular complexity index is 839. The summed E-state index contributed by atoms with van der Waals surface area (Å²) in [7, 11) is 2.16. The number of ether oxygens (including phenoxy) is 2. The van der Waals surface area contributed by atoms with Crippen LogP contribution in [0.1, 0.15) is 38.7 Å². The Labute approximate surface area is 160 Å². The zero-order chi connectivity index (χ0) is 19.0. The summed E-state index contributed by atoms with van der Waals surface area (Å²) < 4.78 is 11.5. The van der Waals surface area contributed by atoms with E-state index in [0.29, 0.717) is 6.42 Å². The predicted molar refractivity (Wildman–Crippen MR) is 109 cm³/mol. The molecular weight excluding hydrogens is 340 g/mol. The first-order chi connectivity index (χ1) is 12.9. The van der Waals surface area contributed by atoms with E-state index < -0.39 is 0 Å². The van der Waals surface area contributed by atoms with Gasteiger partial charge in [-0.2, -0.15) is 0 Å². The summed E-state index contributed by atoms with van der Waals surface area (Å²) in [6.45, 7) is 6.32. The van der Waals surface area contributed by atoms with E-state index in [4.69, 9.17) is 15.2 Å². The summed E-state index contributed by atoms with van der Waals surface area (Å²) >= 11 is 0. The van der Waals surface area contributed by atoms with Gasteiger partial charge < -0.3 is 25.4 Å². The quantitative estimate of drug-likeness (QED) is 0.837. The number of amidine groups is 1. The first-order valence-electron chi connectivity index (χ1n) is 9.54. The van der Waals surface area contributed by atoms with Crippen LogP contribution in [-0.2, 0) is 0 Å². The molecular formula is C21H28N4O2. The summed E-state index contributed by atoms with van der Waals surface area (Å²) in [5.41, 5.74) is 10.3. The fourth-order valence-corrected chi connectivity index (χ4v) is 3.98. The third kappa shape index (κ3) is 4.01. The van der Waals surface area contributed by atoms with Crippen molar-refractivity contribution in [3.8, 4) is 11.5 Å². The molecule has 1 aromatic rings. The number of nitrogens with two attached hydrogens (primary N) is 1. The highest BCUT2D eigenvalue weighted by molar-refractivity contribution is 5.98. The molecule has 0 aromatic heterocycles. The fraction of sp³-hybridized carbons (Fsp3) is 0.476. The number of hydrogen-bond donors (Lipinski definition) is 2. The second-order valence-electron chi connectivity index (χ2n) is 8.00. The Morgan fingerprint density at radius 2 is 2.15 bits per heavy atom. The molecule has 0 aliphatic carbocycles. The lowest BCUT2D eigenvalue weighted by atomic mass is 9.94. The molecule has 1 aromatic carbocycles. The van der Waals surface area contributed by atoms with E-state index >= 15 is 0 Å². The molecule has 0 spiro atoms. The Balaban J connectivity index is 1.66. The molecule has 0 bridgehead atoms. The normalized spacial score (nSPS) is 25.4. The molecule has 27 heavy (non-hydrogen) atoms. The zero-order valence-electron chi connectivity index (χ0n) is 16.3. The van der Waals surface area contributed by atoms with Crippen LogP contribution >= 0.6 is 0 Å². The van der Waals surface area contributed by atoms with Gasteiger partial charge in [-0.3, -0.25) is 0 Å². The number of rotatable bonds is 2. The van der Waals surface area contributed by atoms with Gasteiger partial charge in [-0.15, -0.1) is 0 Å². The fourth-order valence-electron chi connectivity index (χ4n) is 3.98. The standard InChI is InChI=1S/C21H28N4O2/c1-14-11-21(2,22)12-19(23-14)24-16-9-17(20-18(10-16)26-13-27-20)15-5-4-7-25(3)8-6-15/h6,9-11H,4-5,7-8,12-13,22H2,1-3H3,(H,23,24). The largest absolute Gasteiger partial charge is 0.453 e. The van der Waals surface area contributed by atoms with Crippen LogP contribution in [0.4, 0.5) is 5.69 Å². The monoisotopic (exact) mass is 368 g/mol. The Hall–Kier alpha value is -2.31. The SMILES string of the molecule is CC1=CC(C)(N)CC(Nc2cc3c(c(C4=CCN(C)CCC4)c2)OCO3)=N1. The highest BCUT2D eigenvalue weighted by Crippen LogP contribution is 2.43. The number of nitrogens with zero attached hydrogens (tertiary/aromatic N) is 2. The molecule has 1 atom stereocenters. The maximum atomic E-state index is 6.32. The maximum Gasteiger partial charge on any atom is 0.231 e. The van der Waals surface area contributed by atoms with E-state index in [1.54, 1.807) is 0 Å². The van der Waals surface area contributed by atoms with Crippen molar-refractivity contribution in [2.45, 2.75) is 38.6 Å². The minimum Gasteiger partial charge on any atom is -0.453 e. The number of fused-ring (bicyclic) bond motifs is 1. The first kappa shape index (κ1) is 18.1. The minimum absolute atomic E-state index is 0.267. The number of likely N-dealkylation sites (N-methyl/N-ethyl adjacent to an activating group) is 1. The van der Waals surface area contributed by atoms with Crippen molar-refractivity contribution in [2.75, 3.05) is 32.2 Å². The molecule has 3 N–H and O–H groups in total. The van der Waals surface area contributed by atoms with Gasteiger partial charge in [0.2, 0.25) is 6.79 Å². The zero-order valence-corrected chi connectivity index (χ0v) is 16.3. The van der Waals surface area contributed by atoms with Crippen molar-refractivity contribution in [2.24, 2.45) is 10.7 Å². The molecule has 1 unspecified atom stereocenters. The number of benzene rings is 1. The lowest BCUT2D eigenvalue weighted by Gasteiger charge is -2.26.